The van der Waals surface area contributed by atoms with Gasteiger partial charge in [-0.2, -0.15) is 5.26 Å². The van der Waals surface area contributed by atoms with Crippen molar-refractivity contribution in [2.75, 3.05) is 18.0 Å². The molecule has 3 aromatic rings. The van der Waals surface area contributed by atoms with Crippen molar-refractivity contribution in [1.29, 1.82) is 5.26 Å². The number of pyridine rings is 1. The maximum absolute atomic E-state index is 14.3. The Morgan fingerprint density at radius 2 is 1.36 bits per heavy atom. The van der Waals surface area contributed by atoms with Crippen LogP contribution in [0.2, 0.25) is 10.0 Å². The van der Waals surface area contributed by atoms with E-state index < -0.39 is 41.4 Å². The minimum atomic E-state index is -1.67. The number of esters is 2. The first kappa shape index (κ1) is 74.0. The number of carbonyl (C=O) groups excluding carboxylic acids is 4. The normalized spacial score (nSPS) is 16.8. The highest BCUT2D eigenvalue weighted by molar-refractivity contribution is 6.34. The summed E-state index contributed by atoms with van der Waals surface area (Å²) in [5.74, 6) is -2.78. The van der Waals surface area contributed by atoms with Crippen molar-refractivity contribution >= 4 is 64.4 Å². The van der Waals surface area contributed by atoms with Crippen LogP contribution in [0.4, 0.5) is 11.4 Å². The fraction of sp³-hybridized carbons (Fsp3) is 0.571. The number of aromatic nitrogens is 1. The molecular formula is C70H96Cl2N6O10. The van der Waals surface area contributed by atoms with Gasteiger partial charge < -0.3 is 25.0 Å². The Hall–Kier alpha value is -6.49. The number of anilines is 1. The van der Waals surface area contributed by atoms with Gasteiger partial charge >= 0.3 is 11.9 Å². The lowest BCUT2D eigenvalue weighted by Crippen LogP contribution is -2.49. The lowest BCUT2D eigenvalue weighted by atomic mass is 9.80. The number of rotatable bonds is 29. The van der Waals surface area contributed by atoms with Gasteiger partial charge in [-0.1, -0.05) is 145 Å². The Balaban J connectivity index is 1.49. The smallest absolute Gasteiger partial charge is 0.307 e. The first-order valence-electron chi connectivity index (χ1n) is 30.8. The summed E-state index contributed by atoms with van der Waals surface area (Å²) in [5, 5.41) is 36.3. The maximum Gasteiger partial charge on any atom is 0.307 e. The van der Waals surface area contributed by atoms with Gasteiger partial charge in [0.15, 0.2) is 6.23 Å². The van der Waals surface area contributed by atoms with E-state index in [4.69, 9.17) is 44.1 Å². The summed E-state index contributed by atoms with van der Waals surface area (Å²) in [6.45, 7) is 41.6. The molecule has 1 aliphatic rings. The zero-order valence-electron chi connectivity index (χ0n) is 54.8. The molecule has 0 saturated heterocycles. The lowest BCUT2D eigenvalue weighted by molar-refractivity contribution is -0.154. The number of hydrogen-bond acceptors (Lipinski definition) is 12. The third kappa shape index (κ3) is 22.2. The third-order valence-corrected chi connectivity index (χ3v) is 16.4. The monoisotopic (exact) mass is 1250 g/mol. The van der Waals surface area contributed by atoms with Crippen LogP contribution in [-0.4, -0.2) is 70.1 Å². The molecule has 0 bridgehead atoms. The SMILES string of the molecule is [C-]#[N+]c1c(C)c(C=C=C/C=C/C2=C(C)C(C#N)C(=O)N(c3cc(C(=O)NCCC(=O)OC(CCC(C)CC(C)(C)C)C(C)CC(C)(C)C)ccc3Cl)C2O)c(=O)n(-c2cc(CONCCC(=O)OC(CCC(C)CC)C(C)CC(C)(C)C)ccc2Cl)c1O. The fourth-order valence-corrected chi connectivity index (χ4v) is 11.8. The minimum Gasteiger partial charge on any atom is -0.502 e. The van der Waals surface area contributed by atoms with Crippen LogP contribution in [0.3, 0.4) is 0 Å². The van der Waals surface area contributed by atoms with E-state index in [1.165, 1.54) is 55.5 Å². The molecule has 88 heavy (non-hydrogen) atoms. The molecule has 0 spiro atoms. The Kier molecular flexibility index (Phi) is 28.0. The fourth-order valence-electron chi connectivity index (χ4n) is 11.4. The van der Waals surface area contributed by atoms with Crippen molar-refractivity contribution in [2.45, 2.75) is 200 Å². The number of aromatic hydroxyl groups is 1. The van der Waals surface area contributed by atoms with Gasteiger partial charge in [0, 0.05) is 29.8 Å². The van der Waals surface area contributed by atoms with Gasteiger partial charge in [-0.25, -0.2) is 10.3 Å². The minimum absolute atomic E-state index is 0.00426. The number of carbonyl (C=O) groups is 4. The van der Waals surface area contributed by atoms with Crippen LogP contribution in [0.1, 0.15) is 195 Å². The van der Waals surface area contributed by atoms with E-state index >= 15 is 0 Å². The zero-order valence-corrected chi connectivity index (χ0v) is 56.3. The van der Waals surface area contributed by atoms with E-state index in [9.17, 15) is 39.4 Å². The van der Waals surface area contributed by atoms with Gasteiger partial charge in [-0.15, -0.1) is 5.73 Å². The summed E-state index contributed by atoms with van der Waals surface area (Å²) < 4.78 is 13.0. The van der Waals surface area contributed by atoms with Crippen molar-refractivity contribution in [3.05, 3.63) is 126 Å². The summed E-state index contributed by atoms with van der Waals surface area (Å²) in [4.78, 5) is 78.3. The molecule has 1 aromatic heterocycles. The Labute approximate surface area is 533 Å². The van der Waals surface area contributed by atoms with Gasteiger partial charge in [0.05, 0.1) is 53.5 Å². The lowest BCUT2D eigenvalue weighted by Gasteiger charge is -2.36. The molecule has 0 aliphatic carbocycles. The second kappa shape index (κ2) is 33.4. The van der Waals surface area contributed by atoms with E-state index in [1.54, 1.807) is 19.1 Å². The molecule has 0 radical (unpaired) electrons. The highest BCUT2D eigenvalue weighted by Gasteiger charge is 2.40. The molecule has 4 rings (SSSR count). The molecular weight excluding hydrogens is 1160 g/mol. The quantitative estimate of drug-likeness (QED) is 0.0128. The molecule has 8 atom stereocenters. The number of aliphatic hydroxyl groups excluding tert-OH is 1. The van der Waals surface area contributed by atoms with Crippen molar-refractivity contribution in [3.63, 3.8) is 0 Å². The second-order valence-electron chi connectivity index (χ2n) is 27.6. The van der Waals surface area contributed by atoms with Crippen LogP contribution < -0.4 is 21.3 Å². The van der Waals surface area contributed by atoms with Crippen LogP contribution in [0.15, 0.2) is 76.3 Å². The van der Waals surface area contributed by atoms with Gasteiger partial charge in [-0.05, 0) is 158 Å². The molecule has 1 aliphatic heterocycles. The molecule has 0 fully saturated rings. The standard InChI is InChI=1S/C70H96Cl2N6O10/c1-18-43(2)24-30-58(45(4)39-69(11,12)13)88-61(80)33-35-76-86-42-49-26-28-54(71)56(36-49)78-65(83)52(48(7)62(74-17)67(78)85)23-21-19-20-22-51-47(6)53(41-73)66(84)77(64(51)82)57-37-50(27-29-55(57)72)63(81)75-34-32-60(79)87-59(46(5)40-70(14,15)16)31-25-44(3)38-68(8,9)10/h19-20,22-23,26-29,36-37,43-46,53,58-59,64,76,82,85H,18,24-25,30-35,38-40,42H2,1-16H3,(H,75,81)/b22-20+. The predicted octanol–water partition coefficient (Wildman–Crippen LogP) is 15.4. The van der Waals surface area contributed by atoms with Crippen molar-refractivity contribution < 1.29 is 43.7 Å². The summed E-state index contributed by atoms with van der Waals surface area (Å²) >= 11 is 13.3. The summed E-state index contributed by atoms with van der Waals surface area (Å²) in [6, 6.07) is 10.9. The molecule has 16 nitrogen and oxygen atoms in total. The number of allylic oxidation sites excluding steroid dienone is 2. The largest absolute Gasteiger partial charge is 0.502 e. The topological polar surface area (TPSA) is 214 Å². The molecule has 18 heteroatoms. The number of benzene rings is 2. The number of nitrogens with one attached hydrogen (secondary N) is 2. The molecule has 480 valence electrons. The van der Waals surface area contributed by atoms with E-state index in [-0.39, 0.29) is 134 Å². The van der Waals surface area contributed by atoms with Crippen LogP contribution in [0.25, 0.3) is 16.6 Å². The molecule has 0 saturated carbocycles. The number of aliphatic hydroxyl groups is 1. The van der Waals surface area contributed by atoms with Gasteiger partial charge in [-0.3, -0.25) is 38.3 Å². The highest BCUT2D eigenvalue weighted by atomic mass is 35.5. The van der Waals surface area contributed by atoms with Crippen LogP contribution in [0.5, 0.6) is 5.88 Å². The number of hydrogen-bond donors (Lipinski definition) is 4. The number of nitriles is 1. The Bertz CT molecular complexity index is 3220. The van der Waals surface area contributed by atoms with Gasteiger partial charge in [0.1, 0.15) is 18.1 Å². The van der Waals surface area contributed by atoms with Crippen molar-refractivity contribution in [3.8, 4) is 17.6 Å². The Morgan fingerprint density at radius 1 is 0.807 bits per heavy atom. The van der Waals surface area contributed by atoms with E-state index in [0.29, 0.717) is 17.4 Å². The Morgan fingerprint density at radius 3 is 1.92 bits per heavy atom. The average molecular weight is 1250 g/mol. The average Bonchev–Trinajstić information content (AvgIpc) is 0.824. The van der Waals surface area contributed by atoms with Crippen molar-refractivity contribution in [2.24, 2.45) is 45.8 Å². The van der Waals surface area contributed by atoms with E-state index in [2.05, 4.69) is 118 Å². The number of nitrogens with zero attached hydrogens (tertiary/aromatic N) is 4. The van der Waals surface area contributed by atoms with E-state index in [0.717, 1.165) is 60.8 Å². The zero-order chi connectivity index (χ0) is 66.0. The molecule has 2 amide bonds. The first-order chi connectivity index (χ1) is 41.1. The number of halogens is 2. The molecule has 4 N–H and O–H groups in total. The molecule has 2 heterocycles. The van der Waals surface area contributed by atoms with E-state index in [1.807, 2.05) is 6.07 Å². The van der Waals surface area contributed by atoms with Crippen LogP contribution in [-0.2, 0) is 35.3 Å². The number of ether oxygens (including phenoxy) is 2. The van der Waals surface area contributed by atoms with Crippen LogP contribution >= 0.6 is 23.2 Å². The number of hydroxylamine groups is 1. The highest BCUT2D eigenvalue weighted by Crippen LogP contribution is 2.39. The summed E-state index contributed by atoms with van der Waals surface area (Å²) in [7, 11) is 0. The first-order valence-corrected chi connectivity index (χ1v) is 31.5. The summed E-state index contributed by atoms with van der Waals surface area (Å²) in [6.07, 6.45) is 10.8. The predicted molar refractivity (Wildman–Crippen MR) is 350 cm³/mol. The van der Waals surface area contributed by atoms with Crippen molar-refractivity contribution in [1.82, 2.24) is 15.4 Å². The molecule has 8 unspecified atom stereocenters. The second-order valence-corrected chi connectivity index (χ2v) is 28.4. The van der Waals surface area contributed by atoms with Gasteiger partial charge in [0.2, 0.25) is 11.6 Å². The maximum atomic E-state index is 14.3. The van der Waals surface area contributed by atoms with Crippen LogP contribution in [0, 0.1) is 70.7 Å². The summed E-state index contributed by atoms with van der Waals surface area (Å²) in [5.41, 5.74) is 6.36. The molecule has 2 aromatic carbocycles. The number of amides is 2. The van der Waals surface area contributed by atoms with Gasteiger partial charge in [0.25, 0.3) is 17.4 Å². The third-order valence-electron chi connectivity index (χ3n) is 15.8.